The summed E-state index contributed by atoms with van der Waals surface area (Å²) in [7, 11) is 0. The van der Waals surface area contributed by atoms with Crippen molar-refractivity contribution in [1.82, 2.24) is 20.3 Å². The maximum atomic E-state index is 12.4. The minimum absolute atomic E-state index is 0.187. The van der Waals surface area contributed by atoms with Gasteiger partial charge in [-0.25, -0.2) is 4.68 Å². The highest BCUT2D eigenvalue weighted by molar-refractivity contribution is 5.92. The van der Waals surface area contributed by atoms with Crippen molar-refractivity contribution in [2.45, 2.75) is 38.1 Å². The number of carboxylic acids is 1. The number of nitrogens with zero attached hydrogens (tertiary/aromatic N) is 3. The number of carbonyl (C=O) groups excluding carboxylic acids is 1. The summed E-state index contributed by atoms with van der Waals surface area (Å²) < 4.78 is 1.52. The molecule has 0 unspecified atom stereocenters. The van der Waals surface area contributed by atoms with Gasteiger partial charge in [-0.05, 0) is 25.0 Å². The van der Waals surface area contributed by atoms with Gasteiger partial charge >= 0.3 is 5.97 Å². The SMILES string of the molecule is O=C(N[C@H]1CCCCC[C@H]1C(=O)O)c1cn(-c2ccccc2)nn1. The van der Waals surface area contributed by atoms with Gasteiger partial charge in [-0.1, -0.05) is 42.7 Å². The summed E-state index contributed by atoms with van der Waals surface area (Å²) in [5.74, 6) is -1.77. The van der Waals surface area contributed by atoms with Crippen LogP contribution in [0.2, 0.25) is 0 Å². The number of hydrogen-bond acceptors (Lipinski definition) is 4. The standard InChI is InChI=1S/C17H20N4O3/c22-16(18-14-10-6-2-5-9-13(14)17(23)24)15-11-21(20-19-15)12-7-3-1-4-8-12/h1,3-4,7-8,11,13-14H,2,5-6,9-10H2,(H,18,22)(H,23,24)/t13-,14+/m1/s1. The highest BCUT2D eigenvalue weighted by atomic mass is 16.4. The Morgan fingerprint density at radius 2 is 1.88 bits per heavy atom. The van der Waals surface area contributed by atoms with E-state index in [1.807, 2.05) is 30.3 Å². The quantitative estimate of drug-likeness (QED) is 0.837. The lowest BCUT2D eigenvalue weighted by Crippen LogP contribution is -2.43. The largest absolute Gasteiger partial charge is 0.481 e. The molecule has 2 aromatic rings. The van der Waals surface area contributed by atoms with Gasteiger partial charge in [-0.2, -0.15) is 0 Å². The molecule has 2 atom stereocenters. The fraction of sp³-hybridized carbons (Fsp3) is 0.412. The van der Waals surface area contributed by atoms with Gasteiger partial charge in [0, 0.05) is 6.04 Å². The molecular formula is C17H20N4O3. The highest BCUT2D eigenvalue weighted by Gasteiger charge is 2.31. The lowest BCUT2D eigenvalue weighted by atomic mass is 9.95. The third-order valence-corrected chi connectivity index (χ3v) is 4.40. The molecule has 1 amide bonds. The molecule has 1 heterocycles. The van der Waals surface area contributed by atoms with E-state index < -0.39 is 11.9 Å². The number of hydrogen-bond donors (Lipinski definition) is 2. The van der Waals surface area contributed by atoms with Crippen molar-refractivity contribution in [3.8, 4) is 5.69 Å². The van der Waals surface area contributed by atoms with Crippen molar-refractivity contribution in [3.05, 3.63) is 42.2 Å². The Bertz CT molecular complexity index is 714. The summed E-state index contributed by atoms with van der Waals surface area (Å²) in [5.41, 5.74) is 0.995. The summed E-state index contributed by atoms with van der Waals surface area (Å²) in [5, 5.41) is 20.1. The van der Waals surface area contributed by atoms with Crippen molar-refractivity contribution in [2.24, 2.45) is 5.92 Å². The second kappa shape index (κ2) is 7.25. The molecular weight excluding hydrogens is 308 g/mol. The first-order chi connectivity index (χ1) is 11.6. The zero-order valence-corrected chi connectivity index (χ0v) is 13.3. The van der Waals surface area contributed by atoms with E-state index in [-0.39, 0.29) is 17.6 Å². The molecule has 0 saturated heterocycles. The Morgan fingerprint density at radius 1 is 1.12 bits per heavy atom. The predicted octanol–water partition coefficient (Wildman–Crippen LogP) is 2.03. The molecule has 1 aromatic heterocycles. The van der Waals surface area contributed by atoms with Crippen LogP contribution in [0.15, 0.2) is 36.5 Å². The maximum absolute atomic E-state index is 12.4. The van der Waals surface area contributed by atoms with Crippen molar-refractivity contribution in [2.75, 3.05) is 0 Å². The van der Waals surface area contributed by atoms with Crippen LogP contribution in [-0.2, 0) is 4.79 Å². The van der Waals surface area contributed by atoms with E-state index >= 15 is 0 Å². The molecule has 0 aliphatic heterocycles. The zero-order valence-electron chi connectivity index (χ0n) is 13.3. The number of carboxylic acid groups (broad SMARTS) is 1. The molecule has 7 nitrogen and oxygen atoms in total. The van der Waals surface area contributed by atoms with Crippen LogP contribution in [0.4, 0.5) is 0 Å². The van der Waals surface area contributed by atoms with E-state index in [0.717, 1.165) is 24.9 Å². The van der Waals surface area contributed by atoms with Crippen molar-refractivity contribution < 1.29 is 14.7 Å². The molecule has 3 rings (SSSR count). The van der Waals surface area contributed by atoms with E-state index in [1.165, 1.54) is 4.68 Å². The summed E-state index contributed by atoms with van der Waals surface area (Å²) in [6, 6.07) is 9.01. The first-order valence-electron chi connectivity index (χ1n) is 8.16. The molecule has 0 radical (unpaired) electrons. The minimum Gasteiger partial charge on any atom is -0.481 e. The smallest absolute Gasteiger partial charge is 0.308 e. The van der Waals surface area contributed by atoms with E-state index in [0.29, 0.717) is 12.8 Å². The third-order valence-electron chi connectivity index (χ3n) is 4.40. The van der Waals surface area contributed by atoms with Crippen molar-refractivity contribution in [1.29, 1.82) is 0 Å². The third kappa shape index (κ3) is 3.61. The Kier molecular flexibility index (Phi) is 4.88. The summed E-state index contributed by atoms with van der Waals surface area (Å²) in [6.45, 7) is 0. The minimum atomic E-state index is -0.852. The average molecular weight is 328 g/mol. The van der Waals surface area contributed by atoms with Crippen LogP contribution in [0.5, 0.6) is 0 Å². The molecule has 1 saturated carbocycles. The van der Waals surface area contributed by atoms with E-state index in [2.05, 4.69) is 15.6 Å². The normalized spacial score (nSPS) is 21.0. The summed E-state index contributed by atoms with van der Waals surface area (Å²) in [4.78, 5) is 23.9. The number of aromatic nitrogens is 3. The molecule has 126 valence electrons. The lowest BCUT2D eigenvalue weighted by Gasteiger charge is -2.22. The molecule has 1 aliphatic rings. The molecule has 1 aliphatic carbocycles. The molecule has 2 N–H and O–H groups in total. The number of nitrogens with one attached hydrogen (secondary N) is 1. The fourth-order valence-electron chi connectivity index (χ4n) is 3.09. The van der Waals surface area contributed by atoms with Crippen LogP contribution in [0.25, 0.3) is 5.69 Å². The van der Waals surface area contributed by atoms with E-state index in [4.69, 9.17) is 0 Å². The predicted molar refractivity (Wildman–Crippen MR) is 86.8 cm³/mol. The van der Waals surface area contributed by atoms with Crippen LogP contribution in [0.3, 0.4) is 0 Å². The van der Waals surface area contributed by atoms with Gasteiger partial charge in [-0.3, -0.25) is 9.59 Å². The highest BCUT2D eigenvalue weighted by Crippen LogP contribution is 2.24. The van der Waals surface area contributed by atoms with Gasteiger partial charge in [0.15, 0.2) is 5.69 Å². The Labute approximate surface area is 139 Å². The van der Waals surface area contributed by atoms with Gasteiger partial charge < -0.3 is 10.4 Å². The lowest BCUT2D eigenvalue weighted by molar-refractivity contribution is -0.142. The number of benzene rings is 1. The first kappa shape index (κ1) is 16.2. The number of aliphatic carboxylic acids is 1. The van der Waals surface area contributed by atoms with E-state index in [9.17, 15) is 14.7 Å². The van der Waals surface area contributed by atoms with Gasteiger partial charge in [0.1, 0.15) is 0 Å². The maximum Gasteiger partial charge on any atom is 0.308 e. The van der Waals surface area contributed by atoms with Crippen LogP contribution < -0.4 is 5.32 Å². The topological polar surface area (TPSA) is 97.1 Å². The number of rotatable bonds is 4. The Morgan fingerprint density at radius 3 is 2.62 bits per heavy atom. The van der Waals surface area contributed by atoms with E-state index in [1.54, 1.807) is 6.20 Å². The van der Waals surface area contributed by atoms with Crippen LogP contribution in [-0.4, -0.2) is 38.0 Å². The fourth-order valence-corrected chi connectivity index (χ4v) is 3.09. The molecule has 0 spiro atoms. The van der Waals surface area contributed by atoms with Gasteiger partial charge in [-0.15, -0.1) is 5.10 Å². The monoisotopic (exact) mass is 328 g/mol. The first-order valence-corrected chi connectivity index (χ1v) is 8.16. The molecule has 24 heavy (non-hydrogen) atoms. The summed E-state index contributed by atoms with van der Waals surface area (Å²) in [6.07, 6.45) is 5.63. The van der Waals surface area contributed by atoms with Crippen LogP contribution in [0.1, 0.15) is 42.6 Å². The van der Waals surface area contributed by atoms with Crippen LogP contribution >= 0.6 is 0 Å². The molecule has 1 aromatic carbocycles. The second-order valence-corrected chi connectivity index (χ2v) is 6.05. The molecule has 1 fully saturated rings. The van der Waals surface area contributed by atoms with Crippen molar-refractivity contribution >= 4 is 11.9 Å². The van der Waals surface area contributed by atoms with Crippen molar-refractivity contribution in [3.63, 3.8) is 0 Å². The zero-order chi connectivity index (χ0) is 16.9. The summed E-state index contributed by atoms with van der Waals surface area (Å²) >= 11 is 0. The Balaban J connectivity index is 1.72. The van der Waals surface area contributed by atoms with Crippen LogP contribution in [0, 0.1) is 5.92 Å². The van der Waals surface area contributed by atoms with Gasteiger partial charge in [0.25, 0.3) is 5.91 Å². The number of amides is 1. The van der Waals surface area contributed by atoms with Gasteiger partial charge in [0.05, 0.1) is 17.8 Å². The number of para-hydroxylation sites is 1. The van der Waals surface area contributed by atoms with Gasteiger partial charge in [0.2, 0.25) is 0 Å². The number of carbonyl (C=O) groups is 2. The Hall–Kier alpha value is -2.70. The average Bonchev–Trinajstić information content (AvgIpc) is 2.97. The molecule has 0 bridgehead atoms. The molecule has 7 heteroatoms. The second-order valence-electron chi connectivity index (χ2n) is 6.05.